The summed E-state index contributed by atoms with van der Waals surface area (Å²) in [6.45, 7) is 1.68. The average Bonchev–Trinajstić information content (AvgIpc) is 2.91. The van der Waals surface area contributed by atoms with Gasteiger partial charge in [-0.25, -0.2) is 9.97 Å². The van der Waals surface area contributed by atoms with Crippen LogP contribution in [-0.2, 0) is 6.54 Å². The van der Waals surface area contributed by atoms with Crippen LogP contribution in [0.4, 0.5) is 0 Å². The molecular formula is C15H12N4. The van der Waals surface area contributed by atoms with Crippen LogP contribution in [0.3, 0.4) is 0 Å². The van der Waals surface area contributed by atoms with Gasteiger partial charge in [0.15, 0.2) is 5.82 Å². The van der Waals surface area contributed by atoms with Gasteiger partial charge >= 0.3 is 0 Å². The predicted molar refractivity (Wildman–Crippen MR) is 75.4 cm³/mol. The first-order valence-electron chi connectivity index (χ1n) is 6.33. The molecule has 19 heavy (non-hydrogen) atoms. The lowest BCUT2D eigenvalue weighted by Gasteiger charge is -2.11. The van der Waals surface area contributed by atoms with Gasteiger partial charge in [0.05, 0.1) is 35.9 Å². The lowest BCUT2D eigenvalue weighted by Crippen LogP contribution is -2.12. The molecule has 0 amide bonds. The number of benzene rings is 1. The van der Waals surface area contributed by atoms with E-state index in [1.807, 2.05) is 30.6 Å². The van der Waals surface area contributed by atoms with E-state index in [9.17, 15) is 0 Å². The standard InChI is InChI=1S/C15H12N4/c1-2-4-12-11(3-1)5-6-13(18-12)14-9-17-15-10-16-7-8-19(14)15/h1-6,9-10H,7-8H2. The van der Waals surface area contributed by atoms with E-state index in [0.29, 0.717) is 0 Å². The number of hydrogen-bond donors (Lipinski definition) is 0. The highest BCUT2D eigenvalue weighted by Gasteiger charge is 2.13. The molecule has 0 atom stereocenters. The van der Waals surface area contributed by atoms with Crippen molar-refractivity contribution in [2.45, 2.75) is 6.54 Å². The van der Waals surface area contributed by atoms with Crippen LogP contribution in [0.2, 0.25) is 0 Å². The van der Waals surface area contributed by atoms with E-state index in [1.54, 1.807) is 0 Å². The van der Waals surface area contributed by atoms with Crippen LogP contribution in [0.15, 0.2) is 47.6 Å². The molecule has 0 spiro atoms. The minimum atomic E-state index is 0.809. The molecule has 1 aliphatic heterocycles. The van der Waals surface area contributed by atoms with Crippen molar-refractivity contribution in [3.05, 3.63) is 48.4 Å². The number of para-hydroxylation sites is 1. The lowest BCUT2D eigenvalue weighted by atomic mass is 10.2. The Labute approximate surface area is 110 Å². The Morgan fingerprint density at radius 2 is 2.00 bits per heavy atom. The predicted octanol–water partition coefficient (Wildman–Crippen LogP) is 2.53. The first kappa shape index (κ1) is 10.4. The topological polar surface area (TPSA) is 43.1 Å². The largest absolute Gasteiger partial charge is 0.320 e. The molecule has 4 nitrogen and oxygen atoms in total. The van der Waals surface area contributed by atoms with Gasteiger partial charge in [-0.3, -0.25) is 4.99 Å². The maximum atomic E-state index is 4.72. The summed E-state index contributed by atoms with van der Waals surface area (Å²) in [4.78, 5) is 13.4. The van der Waals surface area contributed by atoms with E-state index >= 15 is 0 Å². The average molecular weight is 248 g/mol. The van der Waals surface area contributed by atoms with Crippen molar-refractivity contribution in [3.63, 3.8) is 0 Å². The van der Waals surface area contributed by atoms with Crippen LogP contribution in [0.25, 0.3) is 22.3 Å². The normalized spacial score (nSPS) is 13.7. The van der Waals surface area contributed by atoms with E-state index in [4.69, 9.17) is 4.98 Å². The number of pyridine rings is 1. The summed E-state index contributed by atoms with van der Waals surface area (Å²) >= 11 is 0. The highest BCUT2D eigenvalue weighted by molar-refractivity contribution is 5.82. The summed E-state index contributed by atoms with van der Waals surface area (Å²) in [5.74, 6) is 0.913. The Bertz CT molecular complexity index is 786. The highest BCUT2D eigenvalue weighted by atomic mass is 15.1. The van der Waals surface area contributed by atoms with Crippen molar-refractivity contribution in [2.75, 3.05) is 6.54 Å². The van der Waals surface area contributed by atoms with Gasteiger partial charge < -0.3 is 4.57 Å². The molecule has 0 N–H and O–H groups in total. The molecule has 3 aromatic rings. The Balaban J connectivity index is 1.90. The number of aliphatic imine (C=N–C) groups is 1. The van der Waals surface area contributed by atoms with Crippen LogP contribution in [0, 0.1) is 0 Å². The Kier molecular flexibility index (Phi) is 2.21. The molecule has 1 aromatic carbocycles. The quantitative estimate of drug-likeness (QED) is 0.664. The monoisotopic (exact) mass is 248 g/mol. The van der Waals surface area contributed by atoms with Crippen molar-refractivity contribution in [2.24, 2.45) is 4.99 Å². The fourth-order valence-corrected chi connectivity index (χ4v) is 2.45. The van der Waals surface area contributed by atoms with Crippen molar-refractivity contribution < 1.29 is 0 Å². The van der Waals surface area contributed by atoms with Crippen molar-refractivity contribution >= 4 is 17.1 Å². The van der Waals surface area contributed by atoms with E-state index in [1.165, 1.54) is 0 Å². The van der Waals surface area contributed by atoms with Gasteiger partial charge in [-0.2, -0.15) is 0 Å². The van der Waals surface area contributed by atoms with Gasteiger partial charge in [-0.1, -0.05) is 24.3 Å². The first-order valence-corrected chi connectivity index (χ1v) is 6.33. The second-order valence-electron chi connectivity index (χ2n) is 4.58. The second kappa shape index (κ2) is 4.02. The van der Waals surface area contributed by atoms with E-state index in [-0.39, 0.29) is 0 Å². The van der Waals surface area contributed by atoms with Crippen molar-refractivity contribution in [1.82, 2.24) is 14.5 Å². The molecule has 0 saturated carbocycles. The summed E-state index contributed by atoms with van der Waals surface area (Å²) < 4.78 is 2.17. The van der Waals surface area contributed by atoms with E-state index in [0.717, 1.165) is 41.2 Å². The zero-order valence-electron chi connectivity index (χ0n) is 10.3. The fourth-order valence-electron chi connectivity index (χ4n) is 2.45. The number of nitrogens with zero attached hydrogens (tertiary/aromatic N) is 4. The summed E-state index contributed by atoms with van der Waals surface area (Å²) in [6.07, 6.45) is 3.71. The number of imidazole rings is 1. The van der Waals surface area contributed by atoms with Gasteiger partial charge in [-0.15, -0.1) is 0 Å². The third kappa shape index (κ3) is 1.64. The van der Waals surface area contributed by atoms with Crippen LogP contribution in [-0.4, -0.2) is 27.3 Å². The van der Waals surface area contributed by atoms with Crippen molar-refractivity contribution in [1.29, 1.82) is 0 Å². The molecule has 4 rings (SSSR count). The van der Waals surface area contributed by atoms with Crippen LogP contribution >= 0.6 is 0 Å². The molecule has 2 aromatic heterocycles. The van der Waals surface area contributed by atoms with Gasteiger partial charge in [0.25, 0.3) is 0 Å². The Morgan fingerprint density at radius 3 is 3.00 bits per heavy atom. The van der Waals surface area contributed by atoms with Gasteiger partial charge in [0.1, 0.15) is 0 Å². The number of rotatable bonds is 1. The third-order valence-electron chi connectivity index (χ3n) is 3.41. The van der Waals surface area contributed by atoms with Crippen molar-refractivity contribution in [3.8, 4) is 11.4 Å². The fraction of sp³-hybridized carbons (Fsp3) is 0.133. The molecule has 92 valence electrons. The number of fused-ring (bicyclic) bond motifs is 2. The number of aromatic nitrogens is 3. The van der Waals surface area contributed by atoms with Crippen LogP contribution in [0.1, 0.15) is 5.82 Å². The minimum absolute atomic E-state index is 0.809. The smallest absolute Gasteiger partial charge is 0.151 e. The van der Waals surface area contributed by atoms with Gasteiger partial charge in [0.2, 0.25) is 0 Å². The zero-order valence-corrected chi connectivity index (χ0v) is 10.3. The second-order valence-corrected chi connectivity index (χ2v) is 4.58. The molecule has 0 unspecified atom stereocenters. The summed E-state index contributed by atoms with van der Waals surface area (Å²) in [7, 11) is 0. The summed E-state index contributed by atoms with van der Waals surface area (Å²) in [6, 6.07) is 12.3. The third-order valence-corrected chi connectivity index (χ3v) is 3.41. The highest BCUT2D eigenvalue weighted by Crippen LogP contribution is 2.22. The zero-order chi connectivity index (χ0) is 12.7. The van der Waals surface area contributed by atoms with Gasteiger partial charge in [0, 0.05) is 11.9 Å². The molecule has 3 heterocycles. The minimum Gasteiger partial charge on any atom is -0.320 e. The molecule has 0 saturated heterocycles. The van der Waals surface area contributed by atoms with Gasteiger partial charge in [-0.05, 0) is 12.1 Å². The molecule has 0 aliphatic carbocycles. The summed E-state index contributed by atoms with van der Waals surface area (Å²) in [5.41, 5.74) is 3.04. The first-order chi connectivity index (χ1) is 9.42. The molecule has 1 aliphatic rings. The van der Waals surface area contributed by atoms with Crippen LogP contribution in [0.5, 0.6) is 0 Å². The SMILES string of the molecule is C1=NCCn2c(-c3ccc4ccccc4n3)cnc21. The molecule has 4 heteroatoms. The molecule has 0 fully saturated rings. The lowest BCUT2D eigenvalue weighted by molar-refractivity contribution is 0.692. The summed E-state index contributed by atoms with van der Waals surface area (Å²) in [5, 5.41) is 1.16. The van der Waals surface area contributed by atoms with Crippen LogP contribution < -0.4 is 0 Å². The molecular weight excluding hydrogens is 236 g/mol. The maximum Gasteiger partial charge on any atom is 0.151 e. The Morgan fingerprint density at radius 1 is 1.05 bits per heavy atom. The maximum absolute atomic E-state index is 4.72. The van der Waals surface area contributed by atoms with E-state index in [2.05, 4.69) is 32.7 Å². The Hall–Kier alpha value is -2.49. The van der Waals surface area contributed by atoms with E-state index < -0.39 is 0 Å². The number of hydrogen-bond acceptors (Lipinski definition) is 3. The molecule has 0 bridgehead atoms. The molecule has 0 radical (unpaired) electrons.